The molecule has 2 aliphatic rings. The van der Waals surface area contributed by atoms with Crippen molar-refractivity contribution in [2.45, 2.75) is 57.5 Å². The van der Waals surface area contributed by atoms with Crippen LogP contribution in [0.2, 0.25) is 5.02 Å². The monoisotopic (exact) mass is 505 g/mol. The first-order valence-electron chi connectivity index (χ1n) is 11.9. The molecule has 1 unspecified atom stereocenters. The van der Waals surface area contributed by atoms with E-state index in [9.17, 15) is 14.7 Å². The normalized spacial score (nSPS) is 19.7. The summed E-state index contributed by atoms with van der Waals surface area (Å²) in [6.45, 7) is 1.38. The van der Waals surface area contributed by atoms with Gasteiger partial charge >= 0.3 is 0 Å². The van der Waals surface area contributed by atoms with Crippen molar-refractivity contribution < 1.29 is 14.7 Å². The standard InChI is InChI=1S/C24H32ClN5O3S/c25-19-8-6-18(7-9-19)15-27-24(33)29-11-12-30(21(31)16-29)20(14-17-4-2-1-3-5-17)22(32)28-23-26-10-13-34-23/h6-10,13,17,20,24,27,33H,1-5,11-12,14-16H2,(H,26,28,32)/t20-,24?/m0/s1. The van der Waals surface area contributed by atoms with E-state index in [2.05, 4.69) is 15.6 Å². The van der Waals surface area contributed by atoms with Gasteiger partial charge in [-0.25, -0.2) is 4.98 Å². The van der Waals surface area contributed by atoms with Gasteiger partial charge in [0.1, 0.15) is 6.04 Å². The fraction of sp³-hybridized carbons (Fsp3) is 0.542. The number of amides is 2. The highest BCUT2D eigenvalue weighted by Crippen LogP contribution is 2.30. The lowest BCUT2D eigenvalue weighted by Crippen LogP contribution is -2.61. The zero-order chi connectivity index (χ0) is 23.9. The fourth-order valence-electron chi connectivity index (χ4n) is 4.77. The predicted molar refractivity (Wildman–Crippen MR) is 133 cm³/mol. The maximum absolute atomic E-state index is 13.2. The fourth-order valence-corrected chi connectivity index (χ4v) is 5.43. The van der Waals surface area contributed by atoms with Crippen LogP contribution in [0.25, 0.3) is 0 Å². The number of aromatic nitrogens is 1. The lowest BCUT2D eigenvalue weighted by atomic mass is 9.84. The Morgan fingerprint density at radius 3 is 2.65 bits per heavy atom. The van der Waals surface area contributed by atoms with Crippen LogP contribution in [0.4, 0.5) is 5.13 Å². The molecule has 8 nitrogen and oxygen atoms in total. The number of aliphatic hydroxyl groups excluding tert-OH is 1. The number of rotatable bonds is 9. The minimum atomic E-state index is -0.956. The third-order valence-electron chi connectivity index (χ3n) is 6.66. The van der Waals surface area contributed by atoms with E-state index in [0.717, 1.165) is 18.4 Å². The largest absolute Gasteiger partial charge is 0.365 e. The number of hydrogen-bond acceptors (Lipinski definition) is 7. The van der Waals surface area contributed by atoms with Gasteiger partial charge in [-0.2, -0.15) is 0 Å². The van der Waals surface area contributed by atoms with Gasteiger partial charge in [0.2, 0.25) is 11.8 Å². The second-order valence-electron chi connectivity index (χ2n) is 9.02. The number of halogens is 1. The molecule has 2 amide bonds. The van der Waals surface area contributed by atoms with Gasteiger partial charge in [0.25, 0.3) is 0 Å². The van der Waals surface area contributed by atoms with Gasteiger partial charge in [-0.05, 0) is 30.0 Å². The van der Waals surface area contributed by atoms with Crippen molar-refractivity contribution in [3.63, 3.8) is 0 Å². The van der Waals surface area contributed by atoms with Crippen molar-refractivity contribution in [2.75, 3.05) is 25.0 Å². The number of thiazole rings is 1. The highest BCUT2D eigenvalue weighted by atomic mass is 35.5. The molecule has 1 aliphatic carbocycles. The molecule has 34 heavy (non-hydrogen) atoms. The predicted octanol–water partition coefficient (Wildman–Crippen LogP) is 3.28. The topological polar surface area (TPSA) is 97.8 Å². The van der Waals surface area contributed by atoms with E-state index in [4.69, 9.17) is 11.6 Å². The third-order valence-corrected chi connectivity index (χ3v) is 7.60. The SMILES string of the molecule is O=C(Nc1nccs1)[C@H](CC1CCCCC1)N1CCN(C(O)NCc2ccc(Cl)cc2)CC1=O. The lowest BCUT2D eigenvalue weighted by Gasteiger charge is -2.41. The lowest BCUT2D eigenvalue weighted by molar-refractivity contribution is -0.149. The molecule has 2 atom stereocenters. The molecule has 2 heterocycles. The Labute approximate surface area is 209 Å². The van der Waals surface area contributed by atoms with Gasteiger partial charge in [0.05, 0.1) is 6.54 Å². The summed E-state index contributed by atoms with van der Waals surface area (Å²) in [5.74, 6) is 0.121. The number of anilines is 1. The minimum Gasteiger partial charge on any atom is -0.365 e. The van der Waals surface area contributed by atoms with Gasteiger partial charge < -0.3 is 15.3 Å². The van der Waals surface area contributed by atoms with Crippen LogP contribution in [-0.4, -0.2) is 63.7 Å². The third kappa shape index (κ3) is 6.76. The summed E-state index contributed by atoms with van der Waals surface area (Å²) in [5.41, 5.74) is 0.986. The summed E-state index contributed by atoms with van der Waals surface area (Å²) in [6, 6.07) is 6.86. The number of carbonyl (C=O) groups excluding carboxylic acids is 2. The average molecular weight is 506 g/mol. The number of aliphatic hydroxyl groups is 1. The van der Waals surface area contributed by atoms with Crippen molar-refractivity contribution in [3.8, 4) is 0 Å². The molecule has 0 radical (unpaired) electrons. The van der Waals surface area contributed by atoms with Gasteiger partial charge in [-0.1, -0.05) is 55.8 Å². The second-order valence-corrected chi connectivity index (χ2v) is 10.4. The van der Waals surface area contributed by atoms with Crippen LogP contribution in [0.15, 0.2) is 35.8 Å². The molecule has 184 valence electrons. The first-order valence-corrected chi connectivity index (χ1v) is 13.1. The summed E-state index contributed by atoms with van der Waals surface area (Å²) in [4.78, 5) is 33.9. The molecule has 1 aromatic heterocycles. The Balaban J connectivity index is 1.36. The second kappa shape index (κ2) is 12.1. The molecular formula is C24H32ClN5O3S. The summed E-state index contributed by atoms with van der Waals surface area (Å²) in [5, 5.41) is 19.6. The summed E-state index contributed by atoms with van der Waals surface area (Å²) in [7, 11) is 0. The van der Waals surface area contributed by atoms with Crippen LogP contribution >= 0.6 is 22.9 Å². The number of nitrogens with one attached hydrogen (secondary N) is 2. The van der Waals surface area contributed by atoms with Gasteiger partial charge in [-0.15, -0.1) is 11.3 Å². The average Bonchev–Trinajstić information content (AvgIpc) is 3.36. The highest BCUT2D eigenvalue weighted by molar-refractivity contribution is 7.13. The maximum Gasteiger partial charge on any atom is 0.248 e. The molecule has 2 aromatic rings. The van der Waals surface area contributed by atoms with Gasteiger partial charge in [0, 0.05) is 36.2 Å². The summed E-state index contributed by atoms with van der Waals surface area (Å²) >= 11 is 7.29. The maximum atomic E-state index is 13.2. The van der Waals surface area contributed by atoms with Crippen molar-refractivity contribution in [2.24, 2.45) is 5.92 Å². The van der Waals surface area contributed by atoms with E-state index in [1.807, 2.05) is 17.5 Å². The van der Waals surface area contributed by atoms with Crippen molar-refractivity contribution in [3.05, 3.63) is 46.4 Å². The highest BCUT2D eigenvalue weighted by Gasteiger charge is 2.37. The number of piperazine rings is 1. The van der Waals surface area contributed by atoms with E-state index in [1.165, 1.54) is 30.6 Å². The van der Waals surface area contributed by atoms with Crippen molar-refractivity contribution in [1.82, 2.24) is 20.1 Å². The Morgan fingerprint density at radius 1 is 1.21 bits per heavy atom. The molecule has 4 rings (SSSR count). The van der Waals surface area contributed by atoms with Crippen LogP contribution in [0.3, 0.4) is 0 Å². The zero-order valence-corrected chi connectivity index (χ0v) is 20.7. The Hall–Kier alpha value is -2.04. The quantitative estimate of drug-likeness (QED) is 0.452. The molecule has 1 aromatic carbocycles. The molecule has 2 fully saturated rings. The van der Waals surface area contributed by atoms with Crippen LogP contribution in [0.1, 0.15) is 44.1 Å². The Morgan fingerprint density at radius 2 is 1.97 bits per heavy atom. The molecule has 0 spiro atoms. The van der Waals surface area contributed by atoms with Gasteiger partial charge in [-0.3, -0.25) is 19.8 Å². The van der Waals surface area contributed by atoms with Crippen LogP contribution < -0.4 is 10.6 Å². The van der Waals surface area contributed by atoms with E-state index < -0.39 is 12.4 Å². The van der Waals surface area contributed by atoms with E-state index in [0.29, 0.717) is 42.1 Å². The smallest absolute Gasteiger partial charge is 0.248 e. The molecule has 10 heteroatoms. The van der Waals surface area contributed by atoms with Crippen molar-refractivity contribution in [1.29, 1.82) is 0 Å². The Kier molecular flexibility index (Phi) is 8.91. The van der Waals surface area contributed by atoms with E-state index in [-0.39, 0.29) is 18.4 Å². The molecule has 1 saturated carbocycles. The van der Waals surface area contributed by atoms with E-state index >= 15 is 0 Å². The summed E-state index contributed by atoms with van der Waals surface area (Å²) in [6.07, 6.45) is 7.16. The first kappa shape index (κ1) is 25.1. The zero-order valence-electron chi connectivity index (χ0n) is 19.2. The van der Waals surface area contributed by atoms with Crippen molar-refractivity contribution >= 4 is 39.9 Å². The number of benzene rings is 1. The van der Waals surface area contributed by atoms with Crippen LogP contribution in [0.5, 0.6) is 0 Å². The molecule has 1 saturated heterocycles. The van der Waals surface area contributed by atoms with Crippen LogP contribution in [-0.2, 0) is 16.1 Å². The van der Waals surface area contributed by atoms with Crippen LogP contribution in [0, 0.1) is 5.92 Å². The molecule has 3 N–H and O–H groups in total. The summed E-state index contributed by atoms with van der Waals surface area (Å²) < 4.78 is 0. The number of carbonyl (C=O) groups is 2. The molecule has 1 aliphatic heterocycles. The first-order chi connectivity index (χ1) is 16.5. The molecular weight excluding hydrogens is 474 g/mol. The van der Waals surface area contributed by atoms with Gasteiger partial charge in [0.15, 0.2) is 11.5 Å². The van der Waals surface area contributed by atoms with E-state index in [1.54, 1.807) is 28.1 Å². The number of nitrogens with zero attached hydrogens (tertiary/aromatic N) is 3. The molecule has 0 bridgehead atoms. The Bertz CT molecular complexity index is 937. The minimum absolute atomic E-state index is 0.0560. The number of hydrogen-bond donors (Lipinski definition) is 3.